The molecule has 1 aliphatic rings. The molecule has 1 aliphatic carbocycles. The highest BCUT2D eigenvalue weighted by Gasteiger charge is 2.28. The largest absolute Gasteiger partial charge is 0.272 e. The predicted molar refractivity (Wildman–Crippen MR) is 83.1 cm³/mol. The van der Waals surface area contributed by atoms with Crippen molar-refractivity contribution < 1.29 is 0 Å². The van der Waals surface area contributed by atoms with E-state index in [4.69, 9.17) is 11.6 Å². The Kier molecular flexibility index (Phi) is 3.84. The molecule has 0 spiro atoms. The Morgan fingerprint density at radius 3 is 2.90 bits per heavy atom. The molecule has 1 heterocycles. The Morgan fingerprint density at radius 1 is 1.35 bits per heavy atom. The van der Waals surface area contributed by atoms with E-state index in [1.54, 1.807) is 0 Å². The van der Waals surface area contributed by atoms with Crippen molar-refractivity contribution in [3.63, 3.8) is 0 Å². The van der Waals surface area contributed by atoms with Gasteiger partial charge in [-0.3, -0.25) is 4.68 Å². The number of hydrogen-bond donors (Lipinski definition) is 0. The number of alkyl halides is 1. The lowest BCUT2D eigenvalue weighted by atomic mass is 9.81. The summed E-state index contributed by atoms with van der Waals surface area (Å²) in [6.07, 6.45) is 4.32. The lowest BCUT2D eigenvalue weighted by Crippen LogP contribution is -2.20. The molecular weight excluding hydrogens is 268 g/mol. The van der Waals surface area contributed by atoms with Gasteiger partial charge < -0.3 is 0 Å². The zero-order valence-electron chi connectivity index (χ0n) is 12.1. The van der Waals surface area contributed by atoms with Crippen LogP contribution >= 0.6 is 11.6 Å². The van der Waals surface area contributed by atoms with E-state index < -0.39 is 0 Å². The van der Waals surface area contributed by atoms with Gasteiger partial charge in [-0.05, 0) is 48.8 Å². The van der Waals surface area contributed by atoms with Crippen molar-refractivity contribution in [2.45, 2.75) is 38.0 Å². The first-order chi connectivity index (χ1) is 9.69. The summed E-state index contributed by atoms with van der Waals surface area (Å²) in [5, 5.41) is 4.66. The topological polar surface area (TPSA) is 17.8 Å². The number of benzene rings is 1. The van der Waals surface area contributed by atoms with Crippen LogP contribution in [-0.4, -0.2) is 9.78 Å². The standard InChI is InChI=1S/C17H21ClN2/c1-3-14-11-15(20(2)19-14)10-13-9-8-12-6-4-5-7-16(12)17(13)18/h4-7,11,13,17H,3,8-10H2,1-2H3. The Labute approximate surface area is 125 Å². The van der Waals surface area contributed by atoms with Crippen LogP contribution in [0.5, 0.6) is 0 Å². The highest BCUT2D eigenvalue weighted by Crippen LogP contribution is 2.40. The molecule has 2 atom stereocenters. The average molecular weight is 289 g/mol. The highest BCUT2D eigenvalue weighted by molar-refractivity contribution is 6.21. The Balaban J connectivity index is 1.80. The first-order valence-electron chi connectivity index (χ1n) is 7.42. The second kappa shape index (κ2) is 5.61. The van der Waals surface area contributed by atoms with Crippen molar-refractivity contribution in [1.29, 1.82) is 0 Å². The maximum atomic E-state index is 6.73. The SMILES string of the molecule is CCc1cc(CC2CCc3ccccc3C2Cl)n(C)n1. The molecule has 3 rings (SSSR count). The number of hydrogen-bond acceptors (Lipinski definition) is 1. The molecule has 2 nitrogen and oxygen atoms in total. The number of rotatable bonds is 3. The normalized spacial score (nSPS) is 21.8. The van der Waals surface area contributed by atoms with Crippen LogP contribution in [0.4, 0.5) is 0 Å². The summed E-state index contributed by atoms with van der Waals surface area (Å²) in [5.74, 6) is 0.506. The summed E-state index contributed by atoms with van der Waals surface area (Å²) in [4.78, 5) is 0. The van der Waals surface area contributed by atoms with Crippen molar-refractivity contribution >= 4 is 11.6 Å². The zero-order chi connectivity index (χ0) is 14.1. The van der Waals surface area contributed by atoms with Crippen LogP contribution in [0.1, 0.15) is 41.2 Å². The van der Waals surface area contributed by atoms with Crippen LogP contribution in [0.2, 0.25) is 0 Å². The van der Waals surface area contributed by atoms with E-state index in [1.165, 1.54) is 22.5 Å². The fourth-order valence-corrected chi connectivity index (χ4v) is 3.61. The lowest BCUT2D eigenvalue weighted by Gasteiger charge is -2.29. The number of nitrogens with zero attached hydrogens (tertiary/aromatic N) is 2. The zero-order valence-corrected chi connectivity index (χ0v) is 12.9. The van der Waals surface area contributed by atoms with Gasteiger partial charge in [-0.1, -0.05) is 31.2 Å². The van der Waals surface area contributed by atoms with Crippen LogP contribution < -0.4 is 0 Å². The molecule has 0 saturated heterocycles. The molecule has 1 aromatic carbocycles. The molecule has 106 valence electrons. The van der Waals surface area contributed by atoms with Gasteiger partial charge in [0.05, 0.1) is 11.1 Å². The van der Waals surface area contributed by atoms with Gasteiger partial charge >= 0.3 is 0 Å². The molecule has 2 unspecified atom stereocenters. The van der Waals surface area contributed by atoms with Crippen molar-refractivity contribution in [3.05, 3.63) is 52.8 Å². The van der Waals surface area contributed by atoms with Gasteiger partial charge in [0, 0.05) is 12.7 Å². The van der Waals surface area contributed by atoms with Gasteiger partial charge in [-0.25, -0.2) is 0 Å². The monoisotopic (exact) mass is 288 g/mol. The molecule has 0 amide bonds. The minimum atomic E-state index is 0.125. The lowest BCUT2D eigenvalue weighted by molar-refractivity contribution is 0.430. The third-order valence-electron chi connectivity index (χ3n) is 4.41. The first kappa shape index (κ1) is 13.7. The highest BCUT2D eigenvalue weighted by atomic mass is 35.5. The van der Waals surface area contributed by atoms with Gasteiger partial charge in [-0.15, -0.1) is 11.6 Å². The van der Waals surface area contributed by atoms with Crippen LogP contribution in [-0.2, 0) is 26.3 Å². The number of aromatic nitrogens is 2. The van der Waals surface area contributed by atoms with Crippen molar-refractivity contribution in [1.82, 2.24) is 9.78 Å². The van der Waals surface area contributed by atoms with Crippen molar-refractivity contribution in [3.8, 4) is 0 Å². The molecular formula is C17H21ClN2. The van der Waals surface area contributed by atoms with Gasteiger partial charge in [0.2, 0.25) is 0 Å². The average Bonchev–Trinajstić information content (AvgIpc) is 2.83. The molecule has 0 saturated carbocycles. The minimum Gasteiger partial charge on any atom is -0.272 e. The fraction of sp³-hybridized carbons (Fsp3) is 0.471. The molecule has 1 aromatic heterocycles. The molecule has 2 aromatic rings. The molecule has 3 heteroatoms. The summed E-state index contributed by atoms with van der Waals surface area (Å²) in [5.41, 5.74) is 5.22. The van der Waals surface area contributed by atoms with Crippen LogP contribution in [0.25, 0.3) is 0 Å². The molecule has 0 fully saturated rings. The predicted octanol–water partition coefficient (Wildman–Crippen LogP) is 4.07. The van der Waals surface area contributed by atoms with E-state index >= 15 is 0 Å². The van der Waals surface area contributed by atoms with Crippen LogP contribution in [0.15, 0.2) is 30.3 Å². The first-order valence-corrected chi connectivity index (χ1v) is 7.86. The third kappa shape index (κ3) is 2.49. The molecule has 20 heavy (non-hydrogen) atoms. The Morgan fingerprint density at radius 2 is 2.15 bits per heavy atom. The van der Waals surface area contributed by atoms with E-state index in [0.717, 1.165) is 25.7 Å². The maximum absolute atomic E-state index is 6.73. The Bertz CT molecular complexity index is 603. The quantitative estimate of drug-likeness (QED) is 0.779. The van der Waals surface area contributed by atoms with Crippen LogP contribution in [0.3, 0.4) is 0 Å². The fourth-order valence-electron chi connectivity index (χ4n) is 3.18. The van der Waals surface area contributed by atoms with E-state index in [-0.39, 0.29) is 5.38 Å². The van der Waals surface area contributed by atoms with E-state index in [2.05, 4.69) is 42.4 Å². The van der Waals surface area contributed by atoms with E-state index in [0.29, 0.717) is 5.92 Å². The van der Waals surface area contributed by atoms with E-state index in [1.807, 2.05) is 11.7 Å². The summed E-state index contributed by atoms with van der Waals surface area (Å²) < 4.78 is 2.02. The molecule has 0 bridgehead atoms. The van der Waals surface area contributed by atoms with E-state index in [9.17, 15) is 0 Å². The number of aryl methyl sites for hydroxylation is 3. The van der Waals surface area contributed by atoms with Crippen molar-refractivity contribution in [2.75, 3.05) is 0 Å². The van der Waals surface area contributed by atoms with Gasteiger partial charge in [-0.2, -0.15) is 5.10 Å². The summed E-state index contributed by atoms with van der Waals surface area (Å²) in [7, 11) is 2.04. The smallest absolute Gasteiger partial charge is 0.0624 e. The minimum absolute atomic E-state index is 0.125. The number of fused-ring (bicyclic) bond motifs is 1. The third-order valence-corrected chi connectivity index (χ3v) is 5.00. The van der Waals surface area contributed by atoms with Gasteiger partial charge in [0.15, 0.2) is 0 Å². The summed E-state index contributed by atoms with van der Waals surface area (Å²) >= 11 is 6.73. The summed E-state index contributed by atoms with van der Waals surface area (Å²) in [6, 6.07) is 10.8. The molecule has 0 aliphatic heterocycles. The van der Waals surface area contributed by atoms with Crippen molar-refractivity contribution in [2.24, 2.45) is 13.0 Å². The second-order valence-electron chi connectivity index (χ2n) is 5.71. The number of halogens is 1. The van der Waals surface area contributed by atoms with Gasteiger partial charge in [0.1, 0.15) is 0 Å². The second-order valence-corrected chi connectivity index (χ2v) is 6.18. The van der Waals surface area contributed by atoms with Crippen LogP contribution in [0, 0.1) is 5.92 Å². The Hall–Kier alpha value is -1.28. The van der Waals surface area contributed by atoms with Gasteiger partial charge in [0.25, 0.3) is 0 Å². The molecule has 0 N–H and O–H groups in total. The summed E-state index contributed by atoms with van der Waals surface area (Å²) in [6.45, 7) is 2.15. The molecule has 0 radical (unpaired) electrons. The maximum Gasteiger partial charge on any atom is 0.0624 e.